The number of hydrogen-bond donors (Lipinski definition) is 1. The van der Waals surface area contributed by atoms with Crippen LogP contribution in [0, 0.1) is 11.8 Å². The summed E-state index contributed by atoms with van der Waals surface area (Å²) in [4.78, 5) is 7.52. The highest BCUT2D eigenvalue weighted by Gasteiger charge is 2.28. The van der Waals surface area contributed by atoms with Crippen molar-refractivity contribution in [2.75, 3.05) is 46.0 Å². The highest BCUT2D eigenvalue weighted by Crippen LogP contribution is 2.22. The SMILES string of the molecule is OCC#Cc1ccc(CN2CCC(N3CCOCC3)C2)s1. The normalized spacial score (nSPS) is 24.0. The zero-order valence-corrected chi connectivity index (χ0v) is 13.1. The van der Waals surface area contributed by atoms with Crippen LogP contribution < -0.4 is 0 Å². The number of nitrogens with zero attached hydrogens (tertiary/aromatic N) is 2. The Bertz CT molecular complexity index is 514. The predicted octanol–water partition coefficient (Wildman–Crippen LogP) is 0.998. The lowest BCUT2D eigenvalue weighted by atomic mass is 10.2. The molecular formula is C16H22N2O2S. The van der Waals surface area contributed by atoms with Gasteiger partial charge in [-0.3, -0.25) is 9.80 Å². The van der Waals surface area contributed by atoms with Gasteiger partial charge in [0.05, 0.1) is 18.1 Å². The highest BCUT2D eigenvalue weighted by atomic mass is 32.1. The second-order valence-corrected chi connectivity index (χ2v) is 6.72. The van der Waals surface area contributed by atoms with E-state index in [2.05, 4.69) is 33.8 Å². The monoisotopic (exact) mass is 306 g/mol. The molecule has 3 rings (SSSR count). The van der Waals surface area contributed by atoms with Gasteiger partial charge in [-0.1, -0.05) is 11.8 Å². The van der Waals surface area contributed by atoms with Crippen LogP contribution in [0.1, 0.15) is 16.2 Å². The van der Waals surface area contributed by atoms with Gasteiger partial charge in [-0.15, -0.1) is 11.3 Å². The molecule has 0 aliphatic carbocycles. The first kappa shape index (κ1) is 15.0. The minimum absolute atomic E-state index is 0.0689. The van der Waals surface area contributed by atoms with Gasteiger partial charge in [0.25, 0.3) is 0 Å². The molecule has 1 atom stereocenters. The van der Waals surface area contributed by atoms with Crippen molar-refractivity contribution in [3.63, 3.8) is 0 Å². The Hall–Kier alpha value is -0.900. The number of morpholine rings is 1. The number of hydrogen-bond acceptors (Lipinski definition) is 5. The lowest BCUT2D eigenvalue weighted by Gasteiger charge is -2.32. The summed E-state index contributed by atoms with van der Waals surface area (Å²) in [5, 5.41) is 8.73. The molecule has 2 aliphatic heterocycles. The van der Waals surface area contributed by atoms with Gasteiger partial charge in [-0.2, -0.15) is 0 Å². The molecule has 1 unspecified atom stereocenters. The van der Waals surface area contributed by atoms with Gasteiger partial charge >= 0.3 is 0 Å². The third-order valence-corrected chi connectivity index (χ3v) is 5.13. The van der Waals surface area contributed by atoms with Gasteiger partial charge in [0.2, 0.25) is 0 Å². The number of likely N-dealkylation sites (tertiary alicyclic amines) is 1. The van der Waals surface area contributed by atoms with Gasteiger partial charge in [0.1, 0.15) is 6.61 Å². The smallest absolute Gasteiger partial charge is 0.104 e. The topological polar surface area (TPSA) is 35.9 Å². The van der Waals surface area contributed by atoms with Crippen molar-refractivity contribution >= 4 is 11.3 Å². The van der Waals surface area contributed by atoms with Crippen molar-refractivity contribution in [1.29, 1.82) is 0 Å². The van der Waals surface area contributed by atoms with E-state index in [9.17, 15) is 0 Å². The maximum absolute atomic E-state index is 8.73. The molecule has 4 nitrogen and oxygen atoms in total. The van der Waals surface area contributed by atoms with Gasteiger partial charge in [-0.25, -0.2) is 0 Å². The first-order chi connectivity index (χ1) is 10.3. The van der Waals surface area contributed by atoms with Crippen LogP contribution in [0.4, 0.5) is 0 Å². The van der Waals surface area contributed by atoms with E-state index in [4.69, 9.17) is 9.84 Å². The molecule has 2 saturated heterocycles. The fourth-order valence-electron chi connectivity index (χ4n) is 3.07. The van der Waals surface area contributed by atoms with E-state index >= 15 is 0 Å². The van der Waals surface area contributed by atoms with Crippen molar-refractivity contribution in [3.8, 4) is 11.8 Å². The largest absolute Gasteiger partial charge is 0.384 e. The number of ether oxygens (including phenoxy) is 1. The minimum atomic E-state index is -0.0689. The number of aliphatic hydroxyl groups excluding tert-OH is 1. The number of thiophene rings is 1. The van der Waals surface area contributed by atoms with Crippen LogP contribution in [-0.2, 0) is 11.3 Å². The Morgan fingerprint density at radius 3 is 2.95 bits per heavy atom. The standard InChI is InChI=1S/C16H22N2O2S/c19-9-1-2-15-3-4-16(21-15)13-17-6-5-14(12-17)18-7-10-20-11-8-18/h3-4,14,19H,5-13H2. The Balaban J connectivity index is 1.51. The molecule has 0 saturated carbocycles. The average Bonchev–Trinajstić information content (AvgIpc) is 3.16. The van der Waals surface area contributed by atoms with E-state index in [1.54, 1.807) is 11.3 Å². The van der Waals surface area contributed by atoms with Gasteiger partial charge in [0, 0.05) is 43.6 Å². The molecule has 0 amide bonds. The predicted molar refractivity (Wildman–Crippen MR) is 84.4 cm³/mol. The molecule has 2 fully saturated rings. The summed E-state index contributed by atoms with van der Waals surface area (Å²) in [5.74, 6) is 5.68. The van der Waals surface area contributed by atoms with Crippen LogP contribution in [0.2, 0.25) is 0 Å². The number of rotatable bonds is 3. The van der Waals surface area contributed by atoms with E-state index in [0.717, 1.165) is 44.3 Å². The van der Waals surface area contributed by atoms with Crippen LogP contribution in [0.15, 0.2) is 12.1 Å². The second-order valence-electron chi connectivity index (χ2n) is 5.55. The zero-order valence-electron chi connectivity index (χ0n) is 12.3. The van der Waals surface area contributed by atoms with Crippen LogP contribution in [0.5, 0.6) is 0 Å². The molecule has 5 heteroatoms. The Kier molecular flexibility index (Phi) is 5.28. The molecule has 0 spiro atoms. The Morgan fingerprint density at radius 1 is 1.29 bits per heavy atom. The molecule has 1 aromatic heterocycles. The summed E-state index contributed by atoms with van der Waals surface area (Å²) in [5.41, 5.74) is 0. The Morgan fingerprint density at radius 2 is 2.14 bits per heavy atom. The molecule has 2 aliphatic rings. The van der Waals surface area contributed by atoms with E-state index in [1.807, 2.05) is 0 Å². The quantitative estimate of drug-likeness (QED) is 0.845. The maximum Gasteiger partial charge on any atom is 0.104 e. The van der Waals surface area contributed by atoms with Crippen LogP contribution >= 0.6 is 11.3 Å². The molecule has 0 bridgehead atoms. The summed E-state index contributed by atoms with van der Waals surface area (Å²) in [6.45, 7) is 7.22. The molecular weight excluding hydrogens is 284 g/mol. The Labute approximate surface area is 130 Å². The highest BCUT2D eigenvalue weighted by molar-refractivity contribution is 7.12. The van der Waals surface area contributed by atoms with Crippen molar-refractivity contribution < 1.29 is 9.84 Å². The summed E-state index contributed by atoms with van der Waals surface area (Å²) < 4.78 is 5.43. The molecule has 21 heavy (non-hydrogen) atoms. The fraction of sp³-hybridized carbons (Fsp3) is 0.625. The fourth-order valence-corrected chi connectivity index (χ4v) is 4.00. The van der Waals surface area contributed by atoms with Gasteiger partial charge in [0.15, 0.2) is 0 Å². The van der Waals surface area contributed by atoms with Crippen molar-refractivity contribution in [1.82, 2.24) is 9.80 Å². The van der Waals surface area contributed by atoms with E-state index < -0.39 is 0 Å². The van der Waals surface area contributed by atoms with Crippen LogP contribution in [0.25, 0.3) is 0 Å². The minimum Gasteiger partial charge on any atom is -0.384 e. The molecule has 1 aromatic rings. The molecule has 0 radical (unpaired) electrons. The van der Waals surface area contributed by atoms with Crippen molar-refractivity contribution in [3.05, 3.63) is 21.9 Å². The summed E-state index contributed by atoms with van der Waals surface area (Å²) in [6, 6.07) is 4.91. The zero-order chi connectivity index (χ0) is 14.5. The summed E-state index contributed by atoms with van der Waals surface area (Å²) in [7, 11) is 0. The van der Waals surface area contributed by atoms with E-state index in [0.29, 0.717) is 6.04 Å². The van der Waals surface area contributed by atoms with E-state index in [-0.39, 0.29) is 6.61 Å². The second kappa shape index (κ2) is 7.39. The maximum atomic E-state index is 8.73. The molecule has 0 aromatic carbocycles. The molecule has 1 N–H and O–H groups in total. The van der Waals surface area contributed by atoms with Gasteiger partial charge in [-0.05, 0) is 18.6 Å². The van der Waals surface area contributed by atoms with Gasteiger partial charge < -0.3 is 9.84 Å². The van der Waals surface area contributed by atoms with Crippen LogP contribution in [0.3, 0.4) is 0 Å². The van der Waals surface area contributed by atoms with Crippen LogP contribution in [-0.4, -0.2) is 66.9 Å². The first-order valence-electron chi connectivity index (χ1n) is 7.58. The first-order valence-corrected chi connectivity index (χ1v) is 8.39. The average molecular weight is 306 g/mol. The lowest BCUT2D eigenvalue weighted by molar-refractivity contribution is 0.0184. The number of aliphatic hydroxyl groups is 1. The third-order valence-electron chi connectivity index (χ3n) is 4.14. The molecule has 3 heterocycles. The summed E-state index contributed by atoms with van der Waals surface area (Å²) >= 11 is 1.74. The molecule has 114 valence electrons. The van der Waals surface area contributed by atoms with E-state index in [1.165, 1.54) is 17.8 Å². The van der Waals surface area contributed by atoms with Crippen molar-refractivity contribution in [2.24, 2.45) is 0 Å². The third kappa shape index (κ3) is 4.06. The summed E-state index contributed by atoms with van der Waals surface area (Å²) in [6.07, 6.45) is 1.27. The van der Waals surface area contributed by atoms with Crippen molar-refractivity contribution in [2.45, 2.75) is 19.0 Å². The lowest BCUT2D eigenvalue weighted by Crippen LogP contribution is -2.44.